The highest BCUT2D eigenvalue weighted by molar-refractivity contribution is 5.73. The molecule has 3 N–H and O–H groups in total. The van der Waals surface area contributed by atoms with Crippen molar-refractivity contribution in [2.75, 3.05) is 7.11 Å². The fourth-order valence-corrected chi connectivity index (χ4v) is 1.93. The molecule has 1 atom stereocenters. The van der Waals surface area contributed by atoms with Crippen molar-refractivity contribution >= 4 is 11.9 Å². The fourth-order valence-electron chi connectivity index (χ4n) is 1.93. The summed E-state index contributed by atoms with van der Waals surface area (Å²) in [4.78, 5) is 21.8. The number of ether oxygens (including phenoxy) is 1. The van der Waals surface area contributed by atoms with Crippen molar-refractivity contribution in [2.45, 2.75) is 32.2 Å². The number of carboxylic acid groups (broad SMARTS) is 1. The quantitative estimate of drug-likeness (QED) is 0.700. The summed E-state index contributed by atoms with van der Waals surface area (Å²) in [5.74, 6) is -0.466. The number of carbonyl (C=O) groups excluding carboxylic acids is 1. The van der Waals surface area contributed by atoms with Crippen LogP contribution < -0.4 is 10.1 Å². The van der Waals surface area contributed by atoms with E-state index in [0.717, 1.165) is 0 Å². The van der Waals surface area contributed by atoms with Gasteiger partial charge in [-0.05, 0) is 36.6 Å². The smallest absolute Gasteiger partial charge is 0.303 e. The van der Waals surface area contributed by atoms with Crippen molar-refractivity contribution < 1.29 is 24.5 Å². The Labute approximate surface area is 117 Å². The van der Waals surface area contributed by atoms with E-state index in [-0.39, 0.29) is 24.1 Å². The molecule has 0 aromatic heterocycles. The molecule has 1 unspecified atom stereocenters. The Morgan fingerprint density at radius 3 is 2.65 bits per heavy atom. The average molecular weight is 281 g/mol. The lowest BCUT2D eigenvalue weighted by Crippen LogP contribution is -2.35. The SMILES string of the molecule is COc1ccc(O)c(CC(CCC(=O)O)NC(C)=O)c1. The molecule has 0 aliphatic rings. The van der Waals surface area contributed by atoms with Crippen LogP contribution in [0.25, 0.3) is 0 Å². The van der Waals surface area contributed by atoms with Gasteiger partial charge in [0, 0.05) is 19.4 Å². The van der Waals surface area contributed by atoms with Crippen LogP contribution in [0.15, 0.2) is 18.2 Å². The second-order valence-electron chi connectivity index (χ2n) is 4.53. The van der Waals surface area contributed by atoms with Gasteiger partial charge in [0.1, 0.15) is 11.5 Å². The number of aromatic hydroxyl groups is 1. The van der Waals surface area contributed by atoms with E-state index in [1.165, 1.54) is 20.1 Å². The number of hydrogen-bond acceptors (Lipinski definition) is 4. The molecular formula is C14H19NO5. The lowest BCUT2D eigenvalue weighted by molar-refractivity contribution is -0.137. The minimum atomic E-state index is -0.921. The molecule has 0 spiro atoms. The first-order valence-electron chi connectivity index (χ1n) is 6.27. The van der Waals surface area contributed by atoms with Crippen LogP contribution in [0.5, 0.6) is 11.5 Å². The molecule has 1 rings (SSSR count). The first-order chi connectivity index (χ1) is 9.42. The Hall–Kier alpha value is -2.24. The third kappa shape index (κ3) is 5.17. The van der Waals surface area contributed by atoms with Crippen molar-refractivity contribution in [3.05, 3.63) is 23.8 Å². The van der Waals surface area contributed by atoms with Gasteiger partial charge >= 0.3 is 5.97 Å². The molecule has 1 aromatic rings. The summed E-state index contributed by atoms with van der Waals surface area (Å²) in [6.07, 6.45) is 0.594. The first kappa shape index (κ1) is 15.8. The Morgan fingerprint density at radius 1 is 1.40 bits per heavy atom. The maximum Gasteiger partial charge on any atom is 0.303 e. The zero-order valence-electron chi connectivity index (χ0n) is 11.5. The average Bonchev–Trinajstić information content (AvgIpc) is 2.37. The van der Waals surface area contributed by atoms with Crippen molar-refractivity contribution in [1.29, 1.82) is 0 Å². The number of amides is 1. The van der Waals surface area contributed by atoms with Crippen LogP contribution in [-0.2, 0) is 16.0 Å². The van der Waals surface area contributed by atoms with Gasteiger partial charge in [-0.3, -0.25) is 9.59 Å². The molecule has 0 saturated heterocycles. The van der Waals surface area contributed by atoms with E-state index in [0.29, 0.717) is 24.2 Å². The zero-order chi connectivity index (χ0) is 15.1. The van der Waals surface area contributed by atoms with E-state index in [9.17, 15) is 14.7 Å². The van der Waals surface area contributed by atoms with Crippen molar-refractivity contribution in [3.63, 3.8) is 0 Å². The lowest BCUT2D eigenvalue weighted by Gasteiger charge is -2.18. The van der Waals surface area contributed by atoms with Crippen LogP contribution in [0, 0.1) is 0 Å². The number of aliphatic carboxylic acids is 1. The van der Waals surface area contributed by atoms with E-state index >= 15 is 0 Å². The maximum absolute atomic E-state index is 11.2. The van der Waals surface area contributed by atoms with Crippen LogP contribution >= 0.6 is 0 Å². The molecule has 110 valence electrons. The molecule has 0 aliphatic heterocycles. The maximum atomic E-state index is 11.2. The number of phenols is 1. The molecule has 20 heavy (non-hydrogen) atoms. The van der Waals surface area contributed by atoms with Crippen molar-refractivity contribution in [2.24, 2.45) is 0 Å². The standard InChI is InChI=1S/C14H19NO5/c1-9(16)15-11(3-6-14(18)19)7-10-8-12(20-2)4-5-13(10)17/h4-5,8,11,17H,3,6-7H2,1-2H3,(H,15,16)(H,18,19). The largest absolute Gasteiger partial charge is 0.508 e. The predicted octanol–water partition coefficient (Wildman–Crippen LogP) is 1.31. The van der Waals surface area contributed by atoms with Crippen LogP contribution in [-0.4, -0.2) is 35.2 Å². The molecule has 6 nitrogen and oxygen atoms in total. The second-order valence-corrected chi connectivity index (χ2v) is 4.53. The molecule has 0 fully saturated rings. The van der Waals surface area contributed by atoms with Gasteiger partial charge in [-0.15, -0.1) is 0 Å². The Balaban J connectivity index is 2.81. The highest BCUT2D eigenvalue weighted by atomic mass is 16.5. The highest BCUT2D eigenvalue weighted by Crippen LogP contribution is 2.24. The lowest BCUT2D eigenvalue weighted by atomic mass is 10.0. The number of benzene rings is 1. The summed E-state index contributed by atoms with van der Waals surface area (Å²) >= 11 is 0. The molecule has 6 heteroatoms. The summed E-state index contributed by atoms with van der Waals surface area (Å²) in [6, 6.07) is 4.46. The Bertz CT molecular complexity index is 486. The van der Waals surface area contributed by atoms with Crippen LogP contribution in [0.2, 0.25) is 0 Å². The van der Waals surface area contributed by atoms with E-state index in [1.807, 2.05) is 0 Å². The Morgan fingerprint density at radius 2 is 2.10 bits per heavy atom. The van der Waals surface area contributed by atoms with Crippen molar-refractivity contribution in [1.82, 2.24) is 5.32 Å². The minimum absolute atomic E-state index is 0.0460. The van der Waals surface area contributed by atoms with Crippen molar-refractivity contribution in [3.8, 4) is 11.5 Å². The summed E-state index contributed by atoms with van der Waals surface area (Å²) in [7, 11) is 1.52. The molecule has 0 radical (unpaired) electrons. The number of nitrogens with one attached hydrogen (secondary N) is 1. The number of carbonyl (C=O) groups is 2. The van der Waals surface area contributed by atoms with Gasteiger partial charge in [0.25, 0.3) is 0 Å². The number of carboxylic acids is 1. The van der Waals surface area contributed by atoms with Gasteiger partial charge in [0.15, 0.2) is 0 Å². The topological polar surface area (TPSA) is 95.9 Å². The molecule has 0 aliphatic carbocycles. The molecule has 1 aromatic carbocycles. The second kappa shape index (κ2) is 7.37. The van der Waals surface area contributed by atoms with Crippen LogP contribution in [0.3, 0.4) is 0 Å². The summed E-state index contributed by atoms with van der Waals surface area (Å²) in [5.41, 5.74) is 0.605. The third-order valence-corrected chi connectivity index (χ3v) is 2.87. The molecular weight excluding hydrogens is 262 g/mol. The highest BCUT2D eigenvalue weighted by Gasteiger charge is 2.15. The van der Waals surface area contributed by atoms with Crippen LogP contribution in [0.1, 0.15) is 25.3 Å². The minimum Gasteiger partial charge on any atom is -0.508 e. The zero-order valence-corrected chi connectivity index (χ0v) is 11.5. The number of methoxy groups -OCH3 is 1. The van der Waals surface area contributed by atoms with E-state index in [2.05, 4.69) is 5.32 Å². The molecule has 0 heterocycles. The Kier molecular flexibility index (Phi) is 5.83. The van der Waals surface area contributed by atoms with Gasteiger partial charge in [-0.25, -0.2) is 0 Å². The van der Waals surface area contributed by atoms with Gasteiger partial charge in [-0.2, -0.15) is 0 Å². The fraction of sp³-hybridized carbons (Fsp3) is 0.429. The number of phenolic OH excluding ortho intramolecular Hbond substituents is 1. The van der Waals surface area contributed by atoms with Gasteiger partial charge < -0.3 is 20.3 Å². The number of rotatable bonds is 7. The summed E-state index contributed by atoms with van der Waals surface area (Å²) in [6.45, 7) is 1.37. The van der Waals surface area contributed by atoms with E-state index < -0.39 is 5.97 Å². The molecule has 1 amide bonds. The summed E-state index contributed by atoms with van der Waals surface area (Å²) in [5, 5.41) is 21.2. The van der Waals surface area contributed by atoms with Gasteiger partial charge in [0.2, 0.25) is 5.91 Å². The first-order valence-corrected chi connectivity index (χ1v) is 6.27. The van der Waals surface area contributed by atoms with E-state index in [4.69, 9.17) is 9.84 Å². The number of hydrogen-bond donors (Lipinski definition) is 3. The third-order valence-electron chi connectivity index (χ3n) is 2.87. The predicted molar refractivity (Wildman–Crippen MR) is 72.8 cm³/mol. The summed E-state index contributed by atoms with van der Waals surface area (Å²) < 4.78 is 5.08. The monoisotopic (exact) mass is 281 g/mol. The van der Waals surface area contributed by atoms with Crippen LogP contribution in [0.4, 0.5) is 0 Å². The molecule has 0 saturated carbocycles. The normalized spacial score (nSPS) is 11.7. The van der Waals surface area contributed by atoms with Gasteiger partial charge in [-0.1, -0.05) is 0 Å². The molecule has 0 bridgehead atoms. The van der Waals surface area contributed by atoms with Gasteiger partial charge in [0.05, 0.1) is 7.11 Å². The van der Waals surface area contributed by atoms with E-state index in [1.54, 1.807) is 12.1 Å².